The maximum atomic E-state index is 11.7. The molecule has 0 heterocycles. The zero-order chi connectivity index (χ0) is 14.2. The van der Waals surface area contributed by atoms with Gasteiger partial charge in [-0.2, -0.15) is 0 Å². The van der Waals surface area contributed by atoms with E-state index in [1.165, 1.54) is 10.8 Å². The summed E-state index contributed by atoms with van der Waals surface area (Å²) in [5, 5.41) is 8.43. The lowest BCUT2D eigenvalue weighted by Crippen LogP contribution is -2.27. The van der Waals surface area contributed by atoms with Crippen LogP contribution in [0.25, 0.3) is 10.8 Å². The van der Waals surface area contributed by atoms with Crippen LogP contribution in [0, 0.1) is 0 Å². The van der Waals surface area contributed by atoms with E-state index in [1.54, 1.807) is 11.8 Å². The fourth-order valence-electron chi connectivity index (χ4n) is 1.95. The van der Waals surface area contributed by atoms with Crippen LogP contribution in [-0.4, -0.2) is 31.8 Å². The van der Waals surface area contributed by atoms with Gasteiger partial charge in [-0.05, 0) is 42.9 Å². The fourth-order valence-corrected chi connectivity index (χ4v) is 2.72. The number of benzene rings is 2. The van der Waals surface area contributed by atoms with Gasteiger partial charge in [0.15, 0.2) is 0 Å². The van der Waals surface area contributed by atoms with Gasteiger partial charge >= 0.3 is 0 Å². The van der Waals surface area contributed by atoms with Gasteiger partial charge in [-0.25, -0.2) is 0 Å². The first-order valence-electron chi connectivity index (χ1n) is 6.82. The van der Waals surface area contributed by atoms with E-state index in [0.717, 1.165) is 24.4 Å². The van der Waals surface area contributed by atoms with E-state index in [2.05, 4.69) is 41.0 Å². The van der Waals surface area contributed by atoms with Crippen molar-refractivity contribution in [1.82, 2.24) is 10.6 Å². The fraction of sp³-hybridized carbons (Fsp3) is 0.312. The highest BCUT2D eigenvalue weighted by molar-refractivity contribution is 8.00. The summed E-state index contributed by atoms with van der Waals surface area (Å²) < 4.78 is 0. The van der Waals surface area contributed by atoms with Crippen molar-refractivity contribution < 1.29 is 4.79 Å². The summed E-state index contributed by atoms with van der Waals surface area (Å²) in [5.41, 5.74) is 0. The number of nitrogens with one attached hydrogen (secondary N) is 2. The molecule has 2 aromatic rings. The Morgan fingerprint density at radius 1 is 1.10 bits per heavy atom. The second-order valence-corrected chi connectivity index (χ2v) is 5.65. The van der Waals surface area contributed by atoms with Crippen molar-refractivity contribution in [3.05, 3.63) is 42.5 Å². The molecule has 2 aromatic carbocycles. The molecule has 2 rings (SSSR count). The SMILES string of the molecule is CNCCCNC(=O)CSc1ccc2ccccc2c1.Cl. The largest absolute Gasteiger partial charge is 0.355 e. The van der Waals surface area contributed by atoms with Crippen LogP contribution in [0.15, 0.2) is 47.4 Å². The van der Waals surface area contributed by atoms with E-state index in [9.17, 15) is 4.79 Å². The second-order valence-electron chi connectivity index (χ2n) is 4.60. The smallest absolute Gasteiger partial charge is 0.230 e. The summed E-state index contributed by atoms with van der Waals surface area (Å²) in [7, 11) is 1.91. The summed E-state index contributed by atoms with van der Waals surface area (Å²) in [5.74, 6) is 0.567. The Kier molecular flexibility index (Phi) is 8.20. The molecule has 0 fully saturated rings. The average Bonchev–Trinajstić information content (AvgIpc) is 2.49. The molecule has 0 saturated carbocycles. The van der Waals surface area contributed by atoms with Gasteiger partial charge in [0.1, 0.15) is 0 Å². The number of hydrogen-bond donors (Lipinski definition) is 2. The number of amides is 1. The van der Waals surface area contributed by atoms with Crippen molar-refractivity contribution in [1.29, 1.82) is 0 Å². The molecular formula is C16H21ClN2OS. The van der Waals surface area contributed by atoms with Crippen molar-refractivity contribution in [2.24, 2.45) is 0 Å². The molecule has 0 atom stereocenters. The van der Waals surface area contributed by atoms with Gasteiger partial charge in [-0.1, -0.05) is 30.3 Å². The van der Waals surface area contributed by atoms with Crippen LogP contribution in [0.1, 0.15) is 6.42 Å². The Bertz CT molecular complexity index is 577. The highest BCUT2D eigenvalue weighted by Gasteiger charge is 2.03. The van der Waals surface area contributed by atoms with Gasteiger partial charge in [0.25, 0.3) is 0 Å². The van der Waals surface area contributed by atoms with Crippen LogP contribution in [0.5, 0.6) is 0 Å². The van der Waals surface area contributed by atoms with E-state index >= 15 is 0 Å². The summed E-state index contributed by atoms with van der Waals surface area (Å²) in [6.07, 6.45) is 0.961. The minimum Gasteiger partial charge on any atom is -0.355 e. The molecule has 0 aliphatic heterocycles. The van der Waals surface area contributed by atoms with Gasteiger partial charge in [-0.3, -0.25) is 4.79 Å². The Hall–Kier alpha value is -1.23. The Morgan fingerprint density at radius 2 is 1.86 bits per heavy atom. The van der Waals surface area contributed by atoms with Crippen LogP contribution in [-0.2, 0) is 4.79 Å². The van der Waals surface area contributed by atoms with Gasteiger partial charge in [0.05, 0.1) is 5.75 Å². The van der Waals surface area contributed by atoms with Crippen LogP contribution in [0.3, 0.4) is 0 Å². The predicted octanol–water partition coefficient (Wildman–Crippen LogP) is 3.08. The molecular weight excluding hydrogens is 304 g/mol. The number of carbonyl (C=O) groups excluding carboxylic acids is 1. The Morgan fingerprint density at radius 3 is 2.62 bits per heavy atom. The van der Waals surface area contributed by atoms with Gasteiger partial charge < -0.3 is 10.6 Å². The summed E-state index contributed by atoms with van der Waals surface area (Å²) >= 11 is 1.58. The second kappa shape index (κ2) is 9.66. The molecule has 5 heteroatoms. The number of hydrogen-bond acceptors (Lipinski definition) is 3. The highest BCUT2D eigenvalue weighted by atomic mass is 35.5. The molecule has 0 spiro atoms. The standard InChI is InChI=1S/C16H20N2OS.ClH/c1-17-9-4-10-18-16(19)12-20-15-8-7-13-5-2-3-6-14(13)11-15;/h2-3,5-8,11,17H,4,9-10,12H2,1H3,(H,18,19);1H. The van der Waals surface area contributed by atoms with E-state index < -0.39 is 0 Å². The summed E-state index contributed by atoms with van der Waals surface area (Å²) in [6, 6.07) is 14.6. The van der Waals surface area contributed by atoms with Crippen LogP contribution < -0.4 is 10.6 Å². The zero-order valence-electron chi connectivity index (χ0n) is 12.1. The van der Waals surface area contributed by atoms with E-state index in [0.29, 0.717) is 5.75 Å². The molecule has 0 aromatic heterocycles. The minimum atomic E-state index is 0. The zero-order valence-corrected chi connectivity index (χ0v) is 13.7. The van der Waals surface area contributed by atoms with E-state index in [-0.39, 0.29) is 18.3 Å². The lowest BCUT2D eigenvalue weighted by Gasteiger charge is -2.06. The van der Waals surface area contributed by atoms with Gasteiger partial charge in [-0.15, -0.1) is 24.2 Å². The molecule has 1 amide bonds. The monoisotopic (exact) mass is 324 g/mol. The molecule has 114 valence electrons. The Labute approximate surface area is 136 Å². The molecule has 0 aliphatic carbocycles. The third-order valence-corrected chi connectivity index (χ3v) is 4.01. The van der Waals surface area contributed by atoms with Crippen molar-refractivity contribution in [2.75, 3.05) is 25.9 Å². The molecule has 21 heavy (non-hydrogen) atoms. The summed E-state index contributed by atoms with van der Waals surface area (Å²) in [4.78, 5) is 12.8. The number of fused-ring (bicyclic) bond motifs is 1. The van der Waals surface area contributed by atoms with Crippen molar-refractivity contribution in [2.45, 2.75) is 11.3 Å². The van der Waals surface area contributed by atoms with E-state index in [4.69, 9.17) is 0 Å². The highest BCUT2D eigenvalue weighted by Crippen LogP contribution is 2.23. The third kappa shape index (κ3) is 5.96. The van der Waals surface area contributed by atoms with Crippen LogP contribution in [0.4, 0.5) is 0 Å². The van der Waals surface area contributed by atoms with Gasteiger partial charge in [0, 0.05) is 11.4 Å². The van der Waals surface area contributed by atoms with Crippen molar-refractivity contribution in [3.63, 3.8) is 0 Å². The van der Waals surface area contributed by atoms with Crippen LogP contribution in [0.2, 0.25) is 0 Å². The number of thioether (sulfide) groups is 1. The molecule has 2 N–H and O–H groups in total. The first-order valence-corrected chi connectivity index (χ1v) is 7.81. The number of carbonyl (C=O) groups is 1. The number of halogens is 1. The normalized spacial score (nSPS) is 10.1. The Balaban J connectivity index is 0.00000220. The van der Waals surface area contributed by atoms with Crippen molar-refractivity contribution in [3.8, 4) is 0 Å². The number of rotatable bonds is 7. The first-order chi connectivity index (χ1) is 9.79. The molecule has 0 unspecified atom stereocenters. The van der Waals surface area contributed by atoms with E-state index in [1.807, 2.05) is 19.2 Å². The average molecular weight is 325 g/mol. The first kappa shape index (κ1) is 17.8. The minimum absolute atomic E-state index is 0. The molecule has 0 radical (unpaired) electrons. The lowest BCUT2D eigenvalue weighted by molar-refractivity contribution is -0.118. The summed E-state index contributed by atoms with van der Waals surface area (Å²) in [6.45, 7) is 1.66. The third-order valence-electron chi connectivity index (χ3n) is 3.02. The molecule has 0 aliphatic rings. The van der Waals surface area contributed by atoms with Gasteiger partial charge in [0.2, 0.25) is 5.91 Å². The molecule has 0 bridgehead atoms. The molecule has 0 saturated heterocycles. The van der Waals surface area contributed by atoms with Crippen molar-refractivity contribution >= 4 is 40.8 Å². The molecule has 3 nitrogen and oxygen atoms in total. The topological polar surface area (TPSA) is 41.1 Å². The maximum absolute atomic E-state index is 11.7. The lowest BCUT2D eigenvalue weighted by atomic mass is 10.1. The van der Waals surface area contributed by atoms with Crippen LogP contribution >= 0.6 is 24.2 Å². The quantitative estimate of drug-likeness (QED) is 0.607. The maximum Gasteiger partial charge on any atom is 0.230 e. The predicted molar refractivity (Wildman–Crippen MR) is 93.5 cm³/mol.